The van der Waals surface area contributed by atoms with Gasteiger partial charge < -0.3 is 10.8 Å². The zero-order chi connectivity index (χ0) is 15.1. The third-order valence-electron chi connectivity index (χ3n) is 4.01. The summed E-state index contributed by atoms with van der Waals surface area (Å²) in [5.41, 5.74) is 5.45. The van der Waals surface area contributed by atoms with Gasteiger partial charge in [-0.3, -0.25) is 4.79 Å². The lowest BCUT2D eigenvalue weighted by atomic mass is 9.94. The highest BCUT2D eigenvalue weighted by Gasteiger charge is 2.16. The van der Waals surface area contributed by atoms with Gasteiger partial charge in [0.05, 0.1) is 5.92 Å². The first-order chi connectivity index (χ1) is 9.72. The molecule has 0 aromatic carbocycles. The lowest BCUT2D eigenvalue weighted by Crippen LogP contribution is -2.13. The average Bonchev–Trinajstić information content (AvgIpc) is 2.43. The van der Waals surface area contributed by atoms with E-state index in [0.29, 0.717) is 0 Å². The summed E-state index contributed by atoms with van der Waals surface area (Å²) in [7, 11) is 0. The van der Waals surface area contributed by atoms with Crippen molar-refractivity contribution in [1.29, 1.82) is 0 Å². The molecule has 3 N–H and O–H groups in total. The highest BCUT2D eigenvalue weighted by atomic mass is 16.4. The molecule has 1 atom stereocenters. The fourth-order valence-corrected chi connectivity index (χ4v) is 2.63. The quantitative estimate of drug-likeness (QED) is 0.427. The average molecular weight is 285 g/mol. The Labute approximate surface area is 125 Å². The Morgan fingerprint density at radius 2 is 1.30 bits per heavy atom. The summed E-state index contributed by atoms with van der Waals surface area (Å²) >= 11 is 0. The van der Waals surface area contributed by atoms with E-state index in [0.717, 1.165) is 51.5 Å². The van der Waals surface area contributed by atoms with Gasteiger partial charge in [-0.25, -0.2) is 0 Å². The highest BCUT2D eigenvalue weighted by Crippen LogP contribution is 2.19. The molecule has 0 rings (SSSR count). The van der Waals surface area contributed by atoms with E-state index in [1.54, 1.807) is 0 Å². The van der Waals surface area contributed by atoms with E-state index in [1.165, 1.54) is 38.5 Å². The first-order valence-corrected chi connectivity index (χ1v) is 8.65. The van der Waals surface area contributed by atoms with Crippen LogP contribution < -0.4 is 5.73 Å². The van der Waals surface area contributed by atoms with Crippen LogP contribution in [0.1, 0.15) is 90.4 Å². The standard InChI is InChI=1S/C17H35NO2/c1-2-3-4-5-6-7-10-13-16(17(19)20)14-11-8-9-12-15-18/h16H,2-15,18H2,1H3,(H,19,20). The minimum absolute atomic E-state index is 0.122. The van der Waals surface area contributed by atoms with Crippen molar-refractivity contribution in [3.05, 3.63) is 0 Å². The zero-order valence-corrected chi connectivity index (χ0v) is 13.4. The number of carboxylic acids is 1. The number of carbonyl (C=O) groups is 1. The van der Waals surface area contributed by atoms with Crippen molar-refractivity contribution < 1.29 is 9.90 Å². The minimum Gasteiger partial charge on any atom is -0.481 e. The largest absolute Gasteiger partial charge is 0.481 e. The van der Waals surface area contributed by atoms with Gasteiger partial charge in [0, 0.05) is 0 Å². The summed E-state index contributed by atoms with van der Waals surface area (Å²) in [5.74, 6) is -0.724. The number of hydrogen-bond donors (Lipinski definition) is 2. The first kappa shape index (κ1) is 19.4. The maximum absolute atomic E-state index is 11.2. The monoisotopic (exact) mass is 285 g/mol. The van der Waals surface area contributed by atoms with Crippen LogP contribution in [0, 0.1) is 5.92 Å². The van der Waals surface area contributed by atoms with Crippen LogP contribution in [-0.2, 0) is 4.79 Å². The predicted octanol–water partition coefficient (Wildman–Crippen LogP) is 4.74. The normalized spacial score (nSPS) is 12.5. The Morgan fingerprint density at radius 3 is 1.75 bits per heavy atom. The molecular weight excluding hydrogens is 250 g/mol. The molecule has 1 unspecified atom stereocenters. The fourth-order valence-electron chi connectivity index (χ4n) is 2.63. The molecule has 0 aliphatic heterocycles. The van der Waals surface area contributed by atoms with Crippen LogP contribution in [-0.4, -0.2) is 17.6 Å². The molecule has 0 spiro atoms. The van der Waals surface area contributed by atoms with E-state index in [9.17, 15) is 9.90 Å². The van der Waals surface area contributed by atoms with Crippen LogP contribution in [0.2, 0.25) is 0 Å². The van der Waals surface area contributed by atoms with Crippen LogP contribution in [0.4, 0.5) is 0 Å². The van der Waals surface area contributed by atoms with Crippen LogP contribution in [0.5, 0.6) is 0 Å². The molecule has 0 radical (unpaired) electrons. The van der Waals surface area contributed by atoms with Crippen LogP contribution in [0.15, 0.2) is 0 Å². The topological polar surface area (TPSA) is 63.3 Å². The zero-order valence-electron chi connectivity index (χ0n) is 13.4. The third-order valence-corrected chi connectivity index (χ3v) is 4.01. The van der Waals surface area contributed by atoms with Crippen molar-refractivity contribution in [2.24, 2.45) is 11.7 Å². The second-order valence-corrected chi connectivity index (χ2v) is 5.94. The van der Waals surface area contributed by atoms with Gasteiger partial charge in [-0.05, 0) is 25.8 Å². The van der Waals surface area contributed by atoms with Crippen molar-refractivity contribution in [2.75, 3.05) is 6.54 Å². The molecule has 20 heavy (non-hydrogen) atoms. The van der Waals surface area contributed by atoms with Crippen molar-refractivity contribution in [3.63, 3.8) is 0 Å². The Hall–Kier alpha value is -0.570. The molecule has 0 saturated heterocycles. The summed E-state index contributed by atoms with van der Waals surface area (Å²) in [5, 5.41) is 9.23. The van der Waals surface area contributed by atoms with E-state index >= 15 is 0 Å². The molecule has 0 amide bonds. The van der Waals surface area contributed by atoms with E-state index in [1.807, 2.05) is 0 Å². The number of carboxylic acid groups (broad SMARTS) is 1. The molecule has 120 valence electrons. The lowest BCUT2D eigenvalue weighted by Gasteiger charge is -2.12. The molecule has 0 fully saturated rings. The number of hydrogen-bond acceptors (Lipinski definition) is 2. The molecular formula is C17H35NO2. The molecule has 0 aromatic rings. The van der Waals surface area contributed by atoms with Gasteiger partial charge in [-0.2, -0.15) is 0 Å². The fraction of sp³-hybridized carbons (Fsp3) is 0.941. The van der Waals surface area contributed by atoms with Gasteiger partial charge in [0.25, 0.3) is 0 Å². The highest BCUT2D eigenvalue weighted by molar-refractivity contribution is 5.69. The Balaban J connectivity index is 3.52. The molecule has 3 nitrogen and oxygen atoms in total. The van der Waals surface area contributed by atoms with Crippen molar-refractivity contribution >= 4 is 5.97 Å². The van der Waals surface area contributed by atoms with Crippen LogP contribution in [0.3, 0.4) is 0 Å². The Bertz CT molecular complexity index is 219. The molecule has 0 heterocycles. The smallest absolute Gasteiger partial charge is 0.306 e. The molecule has 0 aliphatic rings. The third kappa shape index (κ3) is 12.5. The second kappa shape index (κ2) is 14.8. The van der Waals surface area contributed by atoms with Gasteiger partial charge in [0.1, 0.15) is 0 Å². The van der Waals surface area contributed by atoms with Crippen molar-refractivity contribution in [2.45, 2.75) is 90.4 Å². The van der Waals surface area contributed by atoms with Gasteiger partial charge in [0.15, 0.2) is 0 Å². The lowest BCUT2D eigenvalue weighted by molar-refractivity contribution is -0.142. The summed E-state index contributed by atoms with van der Waals surface area (Å²) in [6, 6.07) is 0. The van der Waals surface area contributed by atoms with Gasteiger partial charge in [-0.15, -0.1) is 0 Å². The molecule has 0 aliphatic carbocycles. The predicted molar refractivity (Wildman–Crippen MR) is 85.9 cm³/mol. The van der Waals surface area contributed by atoms with Crippen molar-refractivity contribution in [3.8, 4) is 0 Å². The maximum Gasteiger partial charge on any atom is 0.306 e. The maximum atomic E-state index is 11.2. The summed E-state index contributed by atoms with van der Waals surface area (Å²) in [6.07, 6.45) is 14.9. The van der Waals surface area contributed by atoms with Crippen LogP contribution in [0.25, 0.3) is 0 Å². The number of aliphatic carboxylic acids is 1. The Morgan fingerprint density at radius 1 is 0.850 bits per heavy atom. The number of unbranched alkanes of at least 4 members (excludes halogenated alkanes) is 9. The van der Waals surface area contributed by atoms with E-state index < -0.39 is 5.97 Å². The van der Waals surface area contributed by atoms with Gasteiger partial charge in [-0.1, -0.05) is 71.1 Å². The Kier molecular flexibility index (Phi) is 14.4. The number of rotatable bonds is 15. The summed E-state index contributed by atoms with van der Waals surface area (Å²) in [6.45, 7) is 2.98. The second-order valence-electron chi connectivity index (χ2n) is 5.94. The van der Waals surface area contributed by atoms with Crippen LogP contribution >= 0.6 is 0 Å². The first-order valence-electron chi connectivity index (χ1n) is 8.65. The van der Waals surface area contributed by atoms with E-state index in [4.69, 9.17) is 5.73 Å². The molecule has 0 aromatic heterocycles. The molecule has 3 heteroatoms. The van der Waals surface area contributed by atoms with Crippen molar-refractivity contribution in [1.82, 2.24) is 0 Å². The summed E-state index contributed by atoms with van der Waals surface area (Å²) in [4.78, 5) is 11.2. The van der Waals surface area contributed by atoms with E-state index in [2.05, 4.69) is 6.92 Å². The van der Waals surface area contributed by atoms with Gasteiger partial charge >= 0.3 is 5.97 Å². The van der Waals surface area contributed by atoms with Gasteiger partial charge in [0.2, 0.25) is 0 Å². The SMILES string of the molecule is CCCCCCCCCC(CCCCCCN)C(=O)O. The molecule has 0 bridgehead atoms. The minimum atomic E-state index is -0.602. The molecule has 0 saturated carbocycles. The van der Waals surface area contributed by atoms with E-state index in [-0.39, 0.29) is 5.92 Å². The summed E-state index contributed by atoms with van der Waals surface area (Å²) < 4.78 is 0. The number of nitrogens with two attached hydrogens (primary N) is 1.